The molecule has 1 saturated carbocycles. The van der Waals surface area contributed by atoms with Crippen molar-refractivity contribution in [3.63, 3.8) is 0 Å². The van der Waals surface area contributed by atoms with Gasteiger partial charge in [0, 0.05) is 0 Å². The highest BCUT2D eigenvalue weighted by molar-refractivity contribution is 6.11. The lowest BCUT2D eigenvalue weighted by Crippen LogP contribution is -2.49. The molecule has 4 atom stereocenters. The number of carbonyl (C=O) groups is 1. The third kappa shape index (κ3) is 1.88. The smallest absolute Gasteiger partial charge is 0.146 e. The number of ketones is 1. The van der Waals surface area contributed by atoms with Crippen LogP contribution in [0.1, 0.15) is 32.6 Å². The summed E-state index contributed by atoms with van der Waals surface area (Å²) in [6.45, 7) is 2.78. The average Bonchev–Trinajstić information content (AvgIpc) is 2.17. The summed E-state index contributed by atoms with van der Waals surface area (Å²) in [5, 5.41) is 3.40. The molecule has 0 spiro atoms. The molecule has 2 rings (SSSR count). The molecule has 1 N–H and O–H groups in total. The molecule has 1 aliphatic heterocycles. The summed E-state index contributed by atoms with van der Waals surface area (Å²) in [5.74, 6) is 2.82. The maximum atomic E-state index is 11.3. The number of piperidine rings is 1. The Morgan fingerprint density at radius 1 is 1.43 bits per heavy atom. The summed E-state index contributed by atoms with van der Waals surface area (Å²) in [4.78, 5) is 11.3. The van der Waals surface area contributed by atoms with E-state index in [1.54, 1.807) is 6.92 Å². The second-order valence-corrected chi connectivity index (χ2v) is 5.14. The first kappa shape index (κ1) is 10.2. The third-order valence-corrected chi connectivity index (χ3v) is 4.20. The SMILES string of the molecule is BC1CCC[C@H]2C[C@@H](C(C)=O)NC[C@@H]12. The lowest BCUT2D eigenvalue weighted by molar-refractivity contribution is -0.120. The molecule has 1 heterocycles. The van der Waals surface area contributed by atoms with Crippen molar-refractivity contribution in [2.45, 2.75) is 44.5 Å². The van der Waals surface area contributed by atoms with Crippen LogP contribution in [-0.2, 0) is 4.79 Å². The van der Waals surface area contributed by atoms with Gasteiger partial charge in [-0.1, -0.05) is 25.1 Å². The molecule has 0 aromatic carbocycles. The van der Waals surface area contributed by atoms with E-state index >= 15 is 0 Å². The number of rotatable bonds is 1. The standard InChI is InChI=1S/C11H20BNO/c1-7(14)11-5-8-3-2-4-10(12)9(8)6-13-11/h8-11,13H,2-6,12H2,1H3/t8-,9+,10?,11-/m0/s1. The maximum Gasteiger partial charge on any atom is 0.146 e. The minimum Gasteiger partial charge on any atom is -0.307 e. The van der Waals surface area contributed by atoms with E-state index in [1.807, 2.05) is 0 Å². The van der Waals surface area contributed by atoms with Gasteiger partial charge in [-0.2, -0.15) is 0 Å². The molecule has 0 bridgehead atoms. The molecule has 2 nitrogen and oxygen atoms in total. The third-order valence-electron chi connectivity index (χ3n) is 4.20. The van der Waals surface area contributed by atoms with Crippen LogP contribution in [-0.4, -0.2) is 26.2 Å². The van der Waals surface area contributed by atoms with E-state index < -0.39 is 0 Å². The molecule has 0 radical (unpaired) electrons. The van der Waals surface area contributed by atoms with Crippen LogP contribution in [0.5, 0.6) is 0 Å². The van der Waals surface area contributed by atoms with Gasteiger partial charge in [0.15, 0.2) is 0 Å². The summed E-state index contributed by atoms with van der Waals surface area (Å²) < 4.78 is 0. The van der Waals surface area contributed by atoms with E-state index in [4.69, 9.17) is 0 Å². The fraction of sp³-hybridized carbons (Fsp3) is 0.909. The molecule has 1 aliphatic carbocycles. The first-order chi connectivity index (χ1) is 6.68. The minimum absolute atomic E-state index is 0.154. The first-order valence-electron chi connectivity index (χ1n) is 5.92. The van der Waals surface area contributed by atoms with Crippen LogP contribution in [0.2, 0.25) is 5.82 Å². The van der Waals surface area contributed by atoms with Gasteiger partial charge >= 0.3 is 0 Å². The molecule has 1 unspecified atom stereocenters. The molecule has 78 valence electrons. The zero-order valence-electron chi connectivity index (χ0n) is 9.25. The van der Waals surface area contributed by atoms with Crippen molar-refractivity contribution in [3.8, 4) is 0 Å². The Morgan fingerprint density at radius 2 is 2.21 bits per heavy atom. The lowest BCUT2D eigenvalue weighted by atomic mass is 9.61. The van der Waals surface area contributed by atoms with Gasteiger partial charge in [0.2, 0.25) is 0 Å². The van der Waals surface area contributed by atoms with E-state index in [0.29, 0.717) is 5.78 Å². The topological polar surface area (TPSA) is 29.1 Å². The van der Waals surface area contributed by atoms with Gasteiger partial charge in [0.05, 0.1) is 6.04 Å². The molecule has 3 heteroatoms. The summed E-state index contributed by atoms with van der Waals surface area (Å²) in [6.07, 6.45) is 5.19. The number of hydrogen-bond donors (Lipinski definition) is 1. The highest BCUT2D eigenvalue weighted by Gasteiger charge is 2.36. The average molecular weight is 193 g/mol. The molecule has 0 aromatic heterocycles. The number of hydrogen-bond acceptors (Lipinski definition) is 2. The number of Topliss-reactive ketones (excluding diaryl/α,β-unsaturated/α-hetero) is 1. The van der Waals surface area contributed by atoms with Crippen molar-refractivity contribution in [2.75, 3.05) is 6.54 Å². The highest BCUT2D eigenvalue weighted by Crippen LogP contribution is 2.40. The summed E-state index contributed by atoms with van der Waals surface area (Å²) in [7, 11) is 2.37. The normalized spacial score (nSPS) is 42.9. The van der Waals surface area contributed by atoms with Crippen LogP contribution in [0, 0.1) is 11.8 Å². The minimum atomic E-state index is 0.154. The van der Waals surface area contributed by atoms with Crippen molar-refractivity contribution < 1.29 is 4.79 Å². The zero-order valence-corrected chi connectivity index (χ0v) is 9.25. The molecule has 2 fully saturated rings. The quantitative estimate of drug-likeness (QED) is 0.623. The Labute approximate surface area is 87.2 Å². The van der Waals surface area contributed by atoms with Crippen LogP contribution in [0.3, 0.4) is 0 Å². The highest BCUT2D eigenvalue weighted by atomic mass is 16.1. The Balaban J connectivity index is 1.99. The predicted molar refractivity (Wildman–Crippen MR) is 60.2 cm³/mol. The van der Waals surface area contributed by atoms with Crippen LogP contribution < -0.4 is 5.32 Å². The Kier molecular flexibility index (Phi) is 2.96. The number of carbonyl (C=O) groups excluding carboxylic acids is 1. The maximum absolute atomic E-state index is 11.3. The first-order valence-corrected chi connectivity index (χ1v) is 5.92. The van der Waals surface area contributed by atoms with Crippen molar-refractivity contribution in [1.82, 2.24) is 5.32 Å². The van der Waals surface area contributed by atoms with E-state index in [1.165, 1.54) is 19.3 Å². The number of fused-ring (bicyclic) bond motifs is 1. The fourth-order valence-electron chi connectivity index (χ4n) is 3.23. The van der Waals surface area contributed by atoms with Crippen LogP contribution >= 0.6 is 0 Å². The Morgan fingerprint density at radius 3 is 2.93 bits per heavy atom. The van der Waals surface area contributed by atoms with E-state index in [-0.39, 0.29) is 6.04 Å². The van der Waals surface area contributed by atoms with Gasteiger partial charge in [-0.25, -0.2) is 0 Å². The van der Waals surface area contributed by atoms with E-state index in [2.05, 4.69) is 13.2 Å². The van der Waals surface area contributed by atoms with Crippen LogP contribution in [0.4, 0.5) is 0 Å². The van der Waals surface area contributed by atoms with E-state index in [0.717, 1.165) is 30.6 Å². The fourth-order valence-corrected chi connectivity index (χ4v) is 3.23. The van der Waals surface area contributed by atoms with Gasteiger partial charge in [-0.3, -0.25) is 4.79 Å². The Hall–Kier alpha value is -0.305. The van der Waals surface area contributed by atoms with Crippen LogP contribution in [0.25, 0.3) is 0 Å². The van der Waals surface area contributed by atoms with Crippen molar-refractivity contribution >= 4 is 13.6 Å². The summed E-state index contributed by atoms with van der Waals surface area (Å²) in [5.41, 5.74) is 0. The summed E-state index contributed by atoms with van der Waals surface area (Å²) >= 11 is 0. The molecular weight excluding hydrogens is 173 g/mol. The lowest BCUT2D eigenvalue weighted by Gasteiger charge is -2.43. The summed E-state index contributed by atoms with van der Waals surface area (Å²) in [6, 6.07) is 0.154. The molecule has 0 aromatic rings. The molecule has 2 aliphatic rings. The van der Waals surface area contributed by atoms with Crippen molar-refractivity contribution in [1.29, 1.82) is 0 Å². The monoisotopic (exact) mass is 193 g/mol. The van der Waals surface area contributed by atoms with Gasteiger partial charge < -0.3 is 5.32 Å². The van der Waals surface area contributed by atoms with E-state index in [9.17, 15) is 4.79 Å². The second-order valence-electron chi connectivity index (χ2n) is 5.14. The van der Waals surface area contributed by atoms with Gasteiger partial charge in [0.25, 0.3) is 0 Å². The molecular formula is C11H20BNO. The zero-order chi connectivity index (χ0) is 10.1. The molecule has 1 saturated heterocycles. The van der Waals surface area contributed by atoms with Gasteiger partial charge in [-0.05, 0) is 31.7 Å². The molecule has 0 amide bonds. The van der Waals surface area contributed by atoms with Crippen LogP contribution in [0.15, 0.2) is 0 Å². The molecule has 14 heavy (non-hydrogen) atoms. The van der Waals surface area contributed by atoms with Crippen molar-refractivity contribution in [3.05, 3.63) is 0 Å². The Bertz CT molecular complexity index is 231. The van der Waals surface area contributed by atoms with Crippen molar-refractivity contribution in [2.24, 2.45) is 11.8 Å². The largest absolute Gasteiger partial charge is 0.307 e. The number of nitrogens with one attached hydrogen (secondary N) is 1. The second kappa shape index (κ2) is 4.05. The predicted octanol–water partition coefficient (Wildman–Crippen LogP) is 0.775. The van der Waals surface area contributed by atoms with Gasteiger partial charge in [-0.15, -0.1) is 0 Å². The van der Waals surface area contributed by atoms with Gasteiger partial charge in [0.1, 0.15) is 13.6 Å².